The van der Waals surface area contributed by atoms with Crippen LogP contribution in [0.4, 0.5) is 42.0 Å². The minimum absolute atomic E-state index is 0.0265. The van der Waals surface area contributed by atoms with Gasteiger partial charge in [0.25, 0.3) is 0 Å². The second kappa shape index (κ2) is 9.85. The summed E-state index contributed by atoms with van der Waals surface area (Å²) in [5, 5.41) is 12.4. The van der Waals surface area contributed by atoms with Crippen molar-refractivity contribution < 1.29 is 18.0 Å². The Balaban J connectivity index is 1.77. The summed E-state index contributed by atoms with van der Waals surface area (Å²) >= 11 is 6.08. The van der Waals surface area contributed by atoms with E-state index in [1.807, 2.05) is 0 Å². The Morgan fingerprint density at radius 3 is 2.49 bits per heavy atom. The van der Waals surface area contributed by atoms with Crippen LogP contribution in [0.2, 0.25) is 5.15 Å². The van der Waals surface area contributed by atoms with Gasteiger partial charge in [-0.3, -0.25) is 9.48 Å². The molecule has 0 bridgehead atoms. The fraction of sp³-hybridized carbons (Fsp3) is 0.0435. The maximum atomic E-state index is 14.6. The minimum atomic E-state index is -0.810. The molecule has 0 fully saturated rings. The molecule has 4 aromatic rings. The number of nitrogens with zero attached hydrogens (tertiary/aromatic N) is 4. The second-order valence-corrected chi connectivity index (χ2v) is 7.62. The van der Waals surface area contributed by atoms with Gasteiger partial charge in [0.2, 0.25) is 11.9 Å². The molecule has 1 amide bonds. The third-order valence-corrected chi connectivity index (χ3v) is 4.94. The van der Waals surface area contributed by atoms with Gasteiger partial charge in [0.05, 0.1) is 11.4 Å². The normalized spacial score (nSPS) is 10.7. The Labute approximate surface area is 202 Å². The van der Waals surface area contributed by atoms with Gasteiger partial charge in [-0.15, -0.1) is 0 Å². The molecule has 178 valence electrons. The van der Waals surface area contributed by atoms with E-state index in [2.05, 4.69) is 37.6 Å². The Morgan fingerprint density at radius 2 is 1.83 bits per heavy atom. The van der Waals surface area contributed by atoms with Crippen molar-refractivity contribution in [3.8, 4) is 11.1 Å². The molecule has 4 rings (SSSR count). The number of hydrogen-bond acceptors (Lipinski definition) is 6. The highest BCUT2D eigenvalue weighted by Gasteiger charge is 2.16. The molecule has 8 nitrogen and oxygen atoms in total. The Hall–Kier alpha value is -4.38. The van der Waals surface area contributed by atoms with Crippen LogP contribution >= 0.6 is 11.6 Å². The predicted octanol–water partition coefficient (Wildman–Crippen LogP) is 5.56. The average molecular weight is 500 g/mol. The van der Waals surface area contributed by atoms with Crippen LogP contribution in [0.3, 0.4) is 0 Å². The Kier molecular flexibility index (Phi) is 6.69. The highest BCUT2D eigenvalue weighted by atomic mass is 35.5. The molecule has 0 aliphatic heterocycles. The number of amides is 1. The summed E-state index contributed by atoms with van der Waals surface area (Å²) in [5.74, 6) is -2.69. The van der Waals surface area contributed by atoms with Gasteiger partial charge in [-0.1, -0.05) is 18.2 Å². The van der Waals surface area contributed by atoms with Crippen molar-refractivity contribution in [3.05, 3.63) is 84.1 Å². The molecular weight excluding hydrogens is 483 g/mol. The molecule has 0 spiro atoms. The fourth-order valence-corrected chi connectivity index (χ4v) is 3.36. The van der Waals surface area contributed by atoms with Gasteiger partial charge >= 0.3 is 0 Å². The van der Waals surface area contributed by atoms with Crippen LogP contribution in [-0.4, -0.2) is 25.7 Å². The summed E-state index contributed by atoms with van der Waals surface area (Å²) in [7, 11) is 1.67. The number of anilines is 5. The number of aromatic nitrogens is 4. The van der Waals surface area contributed by atoms with Crippen molar-refractivity contribution in [2.75, 3.05) is 16.0 Å². The van der Waals surface area contributed by atoms with Gasteiger partial charge in [-0.25, -0.2) is 18.2 Å². The molecule has 0 aliphatic rings. The van der Waals surface area contributed by atoms with Crippen molar-refractivity contribution in [3.63, 3.8) is 0 Å². The number of rotatable bonds is 7. The zero-order valence-corrected chi connectivity index (χ0v) is 18.9. The molecule has 12 heteroatoms. The van der Waals surface area contributed by atoms with Crippen LogP contribution in [0.25, 0.3) is 11.1 Å². The third kappa shape index (κ3) is 5.58. The lowest BCUT2D eigenvalue weighted by atomic mass is 10.1. The third-order valence-electron chi connectivity index (χ3n) is 4.66. The minimum Gasteiger partial charge on any atom is -0.337 e. The van der Waals surface area contributed by atoms with E-state index in [-0.39, 0.29) is 39.4 Å². The van der Waals surface area contributed by atoms with Crippen molar-refractivity contribution in [1.29, 1.82) is 0 Å². The van der Waals surface area contributed by atoms with Crippen molar-refractivity contribution >= 4 is 46.3 Å². The van der Waals surface area contributed by atoms with E-state index in [4.69, 9.17) is 11.6 Å². The van der Waals surface area contributed by atoms with E-state index in [0.717, 1.165) is 30.3 Å². The molecule has 0 unspecified atom stereocenters. The highest BCUT2D eigenvalue weighted by molar-refractivity contribution is 6.32. The van der Waals surface area contributed by atoms with E-state index in [1.54, 1.807) is 13.2 Å². The monoisotopic (exact) mass is 499 g/mol. The molecule has 3 N–H and O–H groups in total. The van der Waals surface area contributed by atoms with Gasteiger partial charge in [0.15, 0.2) is 5.15 Å². The topological polar surface area (TPSA) is 96.8 Å². The van der Waals surface area contributed by atoms with Crippen LogP contribution in [0.15, 0.2) is 61.4 Å². The molecule has 0 saturated heterocycles. The lowest BCUT2D eigenvalue weighted by Crippen LogP contribution is -2.08. The number of aryl methyl sites for hydroxylation is 1. The van der Waals surface area contributed by atoms with Crippen LogP contribution in [0.1, 0.15) is 0 Å². The second-order valence-electron chi connectivity index (χ2n) is 7.26. The van der Waals surface area contributed by atoms with Crippen molar-refractivity contribution in [1.82, 2.24) is 19.7 Å². The number of hydrogen-bond donors (Lipinski definition) is 3. The zero-order chi connectivity index (χ0) is 25.1. The van der Waals surface area contributed by atoms with Gasteiger partial charge in [0.1, 0.15) is 23.3 Å². The first-order valence-electron chi connectivity index (χ1n) is 10.0. The summed E-state index contributed by atoms with van der Waals surface area (Å²) in [4.78, 5) is 20.2. The van der Waals surface area contributed by atoms with Gasteiger partial charge in [-0.2, -0.15) is 10.1 Å². The number of nitrogens with one attached hydrogen (secondary N) is 3. The maximum absolute atomic E-state index is 14.6. The molecule has 0 aliphatic carbocycles. The number of carbonyl (C=O) groups excluding carboxylic acids is 1. The first-order valence-corrected chi connectivity index (χ1v) is 10.4. The first kappa shape index (κ1) is 23.8. The fourth-order valence-electron chi connectivity index (χ4n) is 3.14. The highest BCUT2D eigenvalue weighted by Crippen LogP contribution is 2.33. The van der Waals surface area contributed by atoms with E-state index >= 15 is 0 Å². The SMILES string of the molecule is C=CC(=O)Nc1ccc(F)c(Nc2nc(Nc3cn(C)nc3Cl)ncc2-c2cc(F)cc(F)c2)c1. The summed E-state index contributed by atoms with van der Waals surface area (Å²) < 4.78 is 43.9. The van der Waals surface area contributed by atoms with Crippen molar-refractivity contribution in [2.45, 2.75) is 0 Å². The molecular formula is C23H17ClF3N7O. The standard InChI is InChI=1S/C23H17ClF3N7O/c1-3-20(35)29-15-4-5-17(27)18(9-15)30-22-16(12-6-13(25)8-14(26)7-12)10-28-23(32-22)31-19-11-34(2)33-21(19)24/h3-11H,1H2,2H3,(H,29,35)(H2,28,30,31,32). The van der Waals surface area contributed by atoms with E-state index < -0.39 is 23.4 Å². The molecule has 2 heterocycles. The molecule has 2 aromatic carbocycles. The van der Waals surface area contributed by atoms with E-state index in [1.165, 1.54) is 23.0 Å². The predicted molar refractivity (Wildman–Crippen MR) is 127 cm³/mol. The summed E-state index contributed by atoms with van der Waals surface area (Å²) in [5.41, 5.74) is 0.935. The average Bonchev–Trinajstić information content (AvgIpc) is 3.11. The smallest absolute Gasteiger partial charge is 0.247 e. The molecule has 35 heavy (non-hydrogen) atoms. The van der Waals surface area contributed by atoms with E-state index in [0.29, 0.717) is 5.69 Å². The number of carbonyl (C=O) groups is 1. The molecule has 0 atom stereocenters. The van der Waals surface area contributed by atoms with Crippen LogP contribution in [0, 0.1) is 17.5 Å². The summed E-state index contributed by atoms with van der Waals surface area (Å²) in [6.45, 7) is 3.37. The van der Waals surface area contributed by atoms with Gasteiger partial charge in [0, 0.05) is 36.8 Å². The first-order chi connectivity index (χ1) is 16.7. The van der Waals surface area contributed by atoms with Gasteiger partial charge in [-0.05, 0) is 42.0 Å². The molecule has 2 aromatic heterocycles. The zero-order valence-electron chi connectivity index (χ0n) is 18.1. The van der Waals surface area contributed by atoms with E-state index in [9.17, 15) is 18.0 Å². The summed E-state index contributed by atoms with van der Waals surface area (Å²) in [6, 6.07) is 6.74. The largest absolute Gasteiger partial charge is 0.337 e. The Bertz CT molecular complexity index is 1420. The van der Waals surface area contributed by atoms with Crippen LogP contribution < -0.4 is 16.0 Å². The lowest BCUT2D eigenvalue weighted by Gasteiger charge is -2.15. The Morgan fingerprint density at radius 1 is 1.09 bits per heavy atom. The molecule has 0 saturated carbocycles. The van der Waals surface area contributed by atoms with Crippen LogP contribution in [-0.2, 0) is 11.8 Å². The van der Waals surface area contributed by atoms with Gasteiger partial charge < -0.3 is 16.0 Å². The molecule has 0 radical (unpaired) electrons. The summed E-state index contributed by atoms with van der Waals surface area (Å²) in [6.07, 6.45) is 3.98. The quantitative estimate of drug-likeness (QED) is 0.288. The van der Waals surface area contributed by atoms with Crippen molar-refractivity contribution in [2.24, 2.45) is 7.05 Å². The number of benzene rings is 2. The lowest BCUT2D eigenvalue weighted by molar-refractivity contribution is -0.111. The maximum Gasteiger partial charge on any atom is 0.247 e. The number of halogens is 4. The van der Waals surface area contributed by atoms with Crippen LogP contribution in [0.5, 0.6) is 0 Å².